The second-order valence-corrected chi connectivity index (χ2v) is 7.37. The molecule has 0 saturated heterocycles. The first-order valence-electron chi connectivity index (χ1n) is 9.21. The summed E-state index contributed by atoms with van der Waals surface area (Å²) in [5, 5.41) is 8.46. The normalized spacial score (nSPS) is 11.0. The first-order chi connectivity index (χ1) is 15.1. The van der Waals surface area contributed by atoms with E-state index in [1.165, 1.54) is 18.6 Å². The van der Waals surface area contributed by atoms with Gasteiger partial charge in [-0.15, -0.1) is 5.10 Å². The maximum absolute atomic E-state index is 12.3. The number of fused-ring (bicyclic) bond motifs is 3. The summed E-state index contributed by atoms with van der Waals surface area (Å²) in [7, 11) is 1.61. The first kappa shape index (κ1) is 19.1. The fraction of sp³-hybridized carbons (Fsp3) is 0.0476. The van der Waals surface area contributed by atoms with Gasteiger partial charge in [0.05, 0.1) is 24.2 Å². The lowest BCUT2D eigenvalue weighted by Gasteiger charge is -2.08. The van der Waals surface area contributed by atoms with Crippen LogP contribution in [0.4, 0.5) is 11.6 Å². The predicted octanol–water partition coefficient (Wildman–Crippen LogP) is 3.61. The number of aromatic nitrogens is 6. The third-order valence-electron chi connectivity index (χ3n) is 4.62. The Morgan fingerprint density at radius 1 is 1.06 bits per heavy atom. The zero-order valence-electron chi connectivity index (χ0n) is 16.2. The minimum atomic E-state index is -0.461. The smallest absolute Gasteiger partial charge is 0.295 e. The molecule has 152 valence electrons. The van der Waals surface area contributed by atoms with Gasteiger partial charge in [-0.25, -0.2) is 15.0 Å². The lowest BCUT2D eigenvalue weighted by atomic mass is 10.2. The van der Waals surface area contributed by atoms with Crippen LogP contribution in [-0.2, 0) is 0 Å². The van der Waals surface area contributed by atoms with Crippen molar-refractivity contribution in [2.75, 3.05) is 12.4 Å². The number of nitrogens with zero attached hydrogens (tertiary/aromatic N) is 6. The number of hydrogen-bond donors (Lipinski definition) is 1. The van der Waals surface area contributed by atoms with Crippen LogP contribution in [0.15, 0.2) is 70.3 Å². The summed E-state index contributed by atoms with van der Waals surface area (Å²) in [4.78, 5) is 29.5. The molecular formula is C21H14BrN7O2. The van der Waals surface area contributed by atoms with Crippen molar-refractivity contribution < 1.29 is 4.74 Å². The Bertz CT molecular complexity index is 1490. The zero-order chi connectivity index (χ0) is 21.4. The average Bonchev–Trinajstić information content (AvgIpc) is 3.13. The highest BCUT2D eigenvalue weighted by molar-refractivity contribution is 9.10. The summed E-state index contributed by atoms with van der Waals surface area (Å²) in [5.74, 6) is 1.57. The molecule has 5 rings (SSSR count). The van der Waals surface area contributed by atoms with Gasteiger partial charge < -0.3 is 10.1 Å². The van der Waals surface area contributed by atoms with Crippen LogP contribution in [0, 0.1) is 0 Å². The highest BCUT2D eigenvalue weighted by atomic mass is 79.9. The molecule has 31 heavy (non-hydrogen) atoms. The van der Waals surface area contributed by atoms with Crippen molar-refractivity contribution in [3.63, 3.8) is 0 Å². The molecule has 0 spiro atoms. The molecule has 0 amide bonds. The van der Waals surface area contributed by atoms with Gasteiger partial charge in [0.15, 0.2) is 11.5 Å². The Kier molecular flexibility index (Phi) is 4.75. The van der Waals surface area contributed by atoms with Gasteiger partial charge in [0.2, 0.25) is 5.95 Å². The number of nitrogens with one attached hydrogen (secondary N) is 1. The van der Waals surface area contributed by atoms with Gasteiger partial charge in [0, 0.05) is 22.4 Å². The van der Waals surface area contributed by atoms with E-state index >= 15 is 0 Å². The van der Waals surface area contributed by atoms with Crippen molar-refractivity contribution in [3.8, 4) is 17.1 Å². The molecule has 2 aromatic carbocycles. The molecule has 0 aliphatic carbocycles. The van der Waals surface area contributed by atoms with Gasteiger partial charge in [-0.2, -0.15) is 4.52 Å². The van der Waals surface area contributed by atoms with Gasteiger partial charge in [0.25, 0.3) is 5.56 Å². The maximum atomic E-state index is 12.3. The summed E-state index contributed by atoms with van der Waals surface area (Å²) < 4.78 is 7.63. The van der Waals surface area contributed by atoms with Crippen LogP contribution in [0.2, 0.25) is 0 Å². The maximum Gasteiger partial charge on any atom is 0.295 e. The summed E-state index contributed by atoms with van der Waals surface area (Å²) in [6, 6.07) is 13.1. The van der Waals surface area contributed by atoms with Crippen molar-refractivity contribution >= 4 is 44.1 Å². The van der Waals surface area contributed by atoms with Crippen LogP contribution in [0.3, 0.4) is 0 Å². The molecule has 0 aliphatic heterocycles. The Labute approximate surface area is 183 Å². The fourth-order valence-electron chi connectivity index (χ4n) is 3.14. The van der Waals surface area contributed by atoms with Gasteiger partial charge in [-0.1, -0.05) is 6.07 Å². The Balaban J connectivity index is 1.75. The molecular weight excluding hydrogens is 462 g/mol. The van der Waals surface area contributed by atoms with E-state index in [-0.39, 0.29) is 5.69 Å². The molecule has 1 N–H and O–H groups in total. The second kappa shape index (κ2) is 7.73. The summed E-state index contributed by atoms with van der Waals surface area (Å²) >= 11 is 3.58. The average molecular weight is 476 g/mol. The third-order valence-corrected chi connectivity index (χ3v) is 5.28. The second-order valence-electron chi connectivity index (χ2n) is 6.52. The quantitative estimate of drug-likeness (QED) is 0.419. The van der Waals surface area contributed by atoms with E-state index in [1.807, 2.05) is 42.5 Å². The van der Waals surface area contributed by atoms with E-state index in [1.54, 1.807) is 11.6 Å². The van der Waals surface area contributed by atoms with Crippen molar-refractivity contribution in [2.45, 2.75) is 0 Å². The number of halogens is 1. The molecule has 0 unspecified atom stereocenters. The van der Waals surface area contributed by atoms with Crippen LogP contribution >= 0.6 is 15.9 Å². The van der Waals surface area contributed by atoms with Gasteiger partial charge in [-0.3, -0.25) is 9.78 Å². The van der Waals surface area contributed by atoms with Crippen molar-refractivity contribution in [1.82, 2.24) is 29.5 Å². The summed E-state index contributed by atoms with van der Waals surface area (Å²) in [5.41, 5.74) is 1.80. The summed E-state index contributed by atoms with van der Waals surface area (Å²) in [6.07, 6.45) is 4.17. The predicted molar refractivity (Wildman–Crippen MR) is 120 cm³/mol. The molecule has 10 heteroatoms. The monoisotopic (exact) mass is 475 g/mol. The Hall–Kier alpha value is -3.92. The molecule has 0 atom stereocenters. The van der Waals surface area contributed by atoms with Gasteiger partial charge in [-0.05, 0) is 52.3 Å². The topological polar surface area (TPSA) is 107 Å². The van der Waals surface area contributed by atoms with Gasteiger partial charge >= 0.3 is 0 Å². The first-order valence-corrected chi connectivity index (χ1v) is 10.00. The molecule has 0 saturated carbocycles. The Morgan fingerprint density at radius 3 is 2.71 bits per heavy atom. The lowest BCUT2D eigenvalue weighted by Crippen LogP contribution is -2.12. The highest BCUT2D eigenvalue weighted by Crippen LogP contribution is 2.30. The zero-order valence-corrected chi connectivity index (χ0v) is 17.7. The molecule has 3 aromatic heterocycles. The van der Waals surface area contributed by atoms with Crippen LogP contribution in [0.1, 0.15) is 0 Å². The van der Waals surface area contributed by atoms with E-state index in [2.05, 4.69) is 41.3 Å². The standard InChI is InChI=1S/C21H14BrN7O2/c1-31-13-7-5-12(6-8-13)18-27-19-17-14(22)3-2-4-15(17)25-21(29(19)28-18)26-16-11-23-9-10-24-20(16)30/h2-11H,1H3,(H,24,25,26,30). The number of anilines is 2. The number of benzene rings is 2. The molecule has 0 aliphatic rings. The fourth-order valence-corrected chi connectivity index (χ4v) is 3.67. The minimum Gasteiger partial charge on any atom is -0.497 e. The number of ether oxygens (including phenoxy) is 1. The SMILES string of the molecule is COc1ccc(-c2nc3c4c(Br)cccc4nc(Nc4cnccnc4=O)n3n2)cc1. The Morgan fingerprint density at radius 2 is 1.90 bits per heavy atom. The van der Waals surface area contributed by atoms with E-state index in [4.69, 9.17) is 9.72 Å². The van der Waals surface area contributed by atoms with E-state index in [0.717, 1.165) is 21.2 Å². The number of hydrogen-bond acceptors (Lipinski definition) is 8. The van der Waals surface area contributed by atoms with Gasteiger partial charge in [0.1, 0.15) is 11.4 Å². The highest BCUT2D eigenvalue weighted by Gasteiger charge is 2.17. The van der Waals surface area contributed by atoms with E-state index in [9.17, 15) is 4.79 Å². The largest absolute Gasteiger partial charge is 0.497 e. The van der Waals surface area contributed by atoms with Crippen LogP contribution in [-0.4, -0.2) is 36.7 Å². The van der Waals surface area contributed by atoms with Crippen molar-refractivity contribution in [1.29, 1.82) is 0 Å². The van der Waals surface area contributed by atoms with Crippen LogP contribution < -0.4 is 15.6 Å². The molecule has 9 nitrogen and oxygen atoms in total. The molecule has 3 heterocycles. The lowest BCUT2D eigenvalue weighted by molar-refractivity contribution is 0.415. The van der Waals surface area contributed by atoms with E-state index < -0.39 is 5.56 Å². The number of rotatable bonds is 4. The van der Waals surface area contributed by atoms with Crippen LogP contribution in [0.25, 0.3) is 27.9 Å². The third kappa shape index (κ3) is 3.46. The minimum absolute atomic E-state index is 0.176. The molecule has 0 fully saturated rings. The number of methoxy groups -OCH3 is 1. The van der Waals surface area contributed by atoms with Crippen molar-refractivity contribution in [2.24, 2.45) is 0 Å². The molecule has 0 bridgehead atoms. The van der Waals surface area contributed by atoms with Crippen molar-refractivity contribution in [3.05, 3.63) is 75.9 Å². The van der Waals surface area contributed by atoms with Crippen LogP contribution in [0.5, 0.6) is 5.75 Å². The summed E-state index contributed by atoms with van der Waals surface area (Å²) in [6.45, 7) is 0. The van der Waals surface area contributed by atoms with E-state index in [0.29, 0.717) is 22.9 Å². The molecule has 0 radical (unpaired) electrons. The molecule has 5 aromatic rings.